The van der Waals surface area contributed by atoms with Crippen molar-refractivity contribution in [1.82, 2.24) is 14.1 Å². The summed E-state index contributed by atoms with van der Waals surface area (Å²) in [5, 5.41) is 0.847. The van der Waals surface area contributed by atoms with Crippen LogP contribution in [0.4, 0.5) is 0 Å². The molecule has 5 aromatic rings. The molecular weight excluding hydrogens is 482 g/mol. The molecule has 0 saturated carbocycles. The van der Waals surface area contributed by atoms with Crippen LogP contribution in [0.2, 0.25) is 0 Å². The number of rotatable bonds is 6. The van der Waals surface area contributed by atoms with Crippen LogP contribution in [0.5, 0.6) is 17.2 Å². The van der Waals surface area contributed by atoms with E-state index in [1.807, 2.05) is 54.6 Å². The van der Waals surface area contributed by atoms with Crippen molar-refractivity contribution in [2.24, 2.45) is 0 Å². The summed E-state index contributed by atoms with van der Waals surface area (Å²) >= 11 is 0. The van der Waals surface area contributed by atoms with E-state index in [4.69, 9.17) is 14.2 Å². The number of fused-ring (bicyclic) bond motifs is 3. The van der Waals surface area contributed by atoms with Crippen LogP contribution in [-0.2, 0) is 19.5 Å². The van der Waals surface area contributed by atoms with E-state index in [1.165, 1.54) is 0 Å². The zero-order chi connectivity index (χ0) is 26.1. The molecule has 0 aliphatic carbocycles. The maximum Gasteiger partial charge on any atom is 0.260 e. The van der Waals surface area contributed by atoms with Crippen LogP contribution >= 0.6 is 0 Å². The van der Waals surface area contributed by atoms with Gasteiger partial charge in [-0.25, -0.2) is 4.98 Å². The molecule has 8 heteroatoms. The van der Waals surface area contributed by atoms with Crippen LogP contribution < -0.4 is 25.3 Å². The fourth-order valence-electron chi connectivity index (χ4n) is 4.75. The van der Waals surface area contributed by atoms with Crippen molar-refractivity contribution in [2.45, 2.75) is 25.9 Å². The number of nitrogens with zero attached hydrogens (tertiary/aromatic N) is 3. The molecule has 0 saturated heterocycles. The van der Waals surface area contributed by atoms with Crippen molar-refractivity contribution in [3.05, 3.63) is 105 Å². The van der Waals surface area contributed by atoms with Crippen molar-refractivity contribution in [3.63, 3.8) is 0 Å². The molecule has 0 radical (unpaired) electrons. The third kappa shape index (κ3) is 4.61. The molecule has 6 rings (SSSR count). The van der Waals surface area contributed by atoms with Gasteiger partial charge in [-0.3, -0.25) is 9.59 Å². The maximum atomic E-state index is 13.4. The first-order chi connectivity index (χ1) is 18.6. The molecule has 0 N–H and O–H groups in total. The first kappa shape index (κ1) is 23.8. The van der Waals surface area contributed by atoms with Gasteiger partial charge in [0.1, 0.15) is 5.75 Å². The van der Waals surface area contributed by atoms with Crippen molar-refractivity contribution in [2.75, 3.05) is 20.3 Å². The minimum Gasteiger partial charge on any atom is -0.497 e. The van der Waals surface area contributed by atoms with Crippen molar-refractivity contribution >= 4 is 21.8 Å². The van der Waals surface area contributed by atoms with Gasteiger partial charge in [-0.05, 0) is 60.0 Å². The first-order valence-corrected chi connectivity index (χ1v) is 12.6. The number of ether oxygens (including phenoxy) is 3. The van der Waals surface area contributed by atoms with Gasteiger partial charge in [-0.1, -0.05) is 18.2 Å². The van der Waals surface area contributed by atoms with Crippen molar-refractivity contribution < 1.29 is 14.2 Å². The number of methoxy groups -OCH3 is 1. The summed E-state index contributed by atoms with van der Waals surface area (Å²) in [7, 11) is 1.63. The minimum atomic E-state index is -0.197. The van der Waals surface area contributed by atoms with Gasteiger partial charge < -0.3 is 23.3 Å². The van der Waals surface area contributed by atoms with E-state index in [-0.39, 0.29) is 11.1 Å². The molecule has 0 spiro atoms. The number of pyridine rings is 3. The van der Waals surface area contributed by atoms with Gasteiger partial charge in [0.15, 0.2) is 11.5 Å². The van der Waals surface area contributed by atoms with Gasteiger partial charge in [-0.15, -0.1) is 0 Å². The summed E-state index contributed by atoms with van der Waals surface area (Å²) in [5.41, 5.74) is 2.80. The summed E-state index contributed by atoms with van der Waals surface area (Å²) in [6, 6.07) is 18.8. The molecule has 2 aromatic carbocycles. The average molecular weight is 510 g/mol. The van der Waals surface area contributed by atoms with Gasteiger partial charge in [0, 0.05) is 25.4 Å². The smallest absolute Gasteiger partial charge is 0.260 e. The lowest BCUT2D eigenvalue weighted by Gasteiger charge is -2.12. The molecule has 0 unspecified atom stereocenters. The summed E-state index contributed by atoms with van der Waals surface area (Å²) in [5.74, 6) is 2.21. The van der Waals surface area contributed by atoms with Crippen LogP contribution in [0.25, 0.3) is 21.8 Å². The van der Waals surface area contributed by atoms with Crippen LogP contribution in [-0.4, -0.2) is 34.4 Å². The molecule has 0 amide bonds. The molecule has 4 heterocycles. The highest BCUT2D eigenvalue weighted by Crippen LogP contribution is 2.30. The Kier molecular flexibility index (Phi) is 6.29. The molecule has 1 aliphatic heterocycles. The molecule has 0 atom stereocenters. The number of aromatic nitrogens is 3. The first-order valence-electron chi connectivity index (χ1n) is 12.6. The zero-order valence-electron chi connectivity index (χ0n) is 21.1. The Bertz CT molecular complexity index is 1760. The molecule has 8 nitrogen and oxygen atoms in total. The van der Waals surface area contributed by atoms with Gasteiger partial charge >= 0.3 is 0 Å². The van der Waals surface area contributed by atoms with Crippen molar-refractivity contribution in [3.8, 4) is 17.2 Å². The highest BCUT2D eigenvalue weighted by Gasteiger charge is 2.13. The third-order valence-corrected chi connectivity index (χ3v) is 6.85. The normalized spacial score (nSPS) is 13.0. The highest BCUT2D eigenvalue weighted by molar-refractivity contribution is 5.91. The lowest BCUT2D eigenvalue weighted by atomic mass is 10.1. The Hall–Kier alpha value is -4.59. The molecular formula is C30H27N3O5. The molecule has 1 aliphatic rings. The van der Waals surface area contributed by atoms with Gasteiger partial charge in [0.05, 0.1) is 48.7 Å². The number of hydrogen-bond acceptors (Lipinski definition) is 6. The average Bonchev–Trinajstić information content (AvgIpc) is 3.19. The molecule has 3 aromatic heterocycles. The monoisotopic (exact) mass is 509 g/mol. The van der Waals surface area contributed by atoms with Gasteiger partial charge in [0.2, 0.25) is 0 Å². The van der Waals surface area contributed by atoms with E-state index < -0.39 is 0 Å². The van der Waals surface area contributed by atoms with Crippen molar-refractivity contribution in [1.29, 1.82) is 0 Å². The highest BCUT2D eigenvalue weighted by atomic mass is 16.5. The second kappa shape index (κ2) is 10.0. The van der Waals surface area contributed by atoms with Crippen LogP contribution in [0.15, 0.2) is 82.6 Å². The largest absolute Gasteiger partial charge is 0.497 e. The third-order valence-electron chi connectivity index (χ3n) is 6.85. The Labute approximate surface area is 218 Å². The van der Waals surface area contributed by atoms with E-state index >= 15 is 0 Å². The second-order valence-electron chi connectivity index (χ2n) is 9.35. The van der Waals surface area contributed by atoms with E-state index in [1.54, 1.807) is 34.7 Å². The summed E-state index contributed by atoms with van der Waals surface area (Å²) in [6.07, 6.45) is 5.03. The standard InChI is InChI=1S/C30H27N3O5/c1-36-22-6-3-20(4-7-22)9-12-32-13-10-25-23(29(32)34)18-24-26(31-25)11-14-33(30(24)35)19-21-5-8-27-28(17-21)38-16-2-15-37-27/h3-8,10-11,13-14,17-18H,2,9,12,15-16,19H2,1H3. The fraction of sp³-hybridized carbons (Fsp3) is 0.233. The SMILES string of the molecule is COc1ccc(CCn2ccc3nc4ccn(Cc5ccc6c(c5)OCCCO6)c(=O)c4cc3c2=O)cc1. The number of aryl methyl sites for hydroxylation is 2. The zero-order valence-corrected chi connectivity index (χ0v) is 21.1. The lowest BCUT2D eigenvalue weighted by molar-refractivity contribution is 0.297. The van der Waals surface area contributed by atoms with Crippen LogP contribution in [0, 0.1) is 0 Å². The molecule has 192 valence electrons. The quantitative estimate of drug-likeness (QED) is 0.320. The fourth-order valence-corrected chi connectivity index (χ4v) is 4.75. The van der Waals surface area contributed by atoms with E-state index in [0.29, 0.717) is 60.3 Å². The minimum absolute atomic E-state index is 0.164. The van der Waals surface area contributed by atoms with E-state index in [0.717, 1.165) is 29.0 Å². The molecule has 38 heavy (non-hydrogen) atoms. The predicted octanol–water partition coefficient (Wildman–Crippen LogP) is 4.17. The lowest BCUT2D eigenvalue weighted by Crippen LogP contribution is -2.23. The Morgan fingerprint density at radius 2 is 1.45 bits per heavy atom. The van der Waals surface area contributed by atoms with Gasteiger partial charge in [0.25, 0.3) is 11.1 Å². The van der Waals surface area contributed by atoms with E-state index in [9.17, 15) is 9.59 Å². The summed E-state index contributed by atoms with van der Waals surface area (Å²) in [6.45, 7) is 2.11. The van der Waals surface area contributed by atoms with Gasteiger partial charge in [-0.2, -0.15) is 0 Å². The summed E-state index contributed by atoms with van der Waals surface area (Å²) in [4.78, 5) is 31.4. The number of hydrogen-bond donors (Lipinski definition) is 0. The van der Waals surface area contributed by atoms with E-state index in [2.05, 4.69) is 4.98 Å². The Morgan fingerprint density at radius 1 is 0.789 bits per heavy atom. The molecule has 0 bridgehead atoms. The predicted molar refractivity (Wildman–Crippen MR) is 146 cm³/mol. The Balaban J connectivity index is 1.31. The second-order valence-corrected chi connectivity index (χ2v) is 9.35. The molecule has 0 fully saturated rings. The van der Waals surface area contributed by atoms with Crippen LogP contribution in [0.3, 0.4) is 0 Å². The van der Waals surface area contributed by atoms with Crippen LogP contribution in [0.1, 0.15) is 17.5 Å². The topological polar surface area (TPSA) is 84.6 Å². The Morgan fingerprint density at radius 3 is 2.18 bits per heavy atom. The number of benzene rings is 2. The maximum absolute atomic E-state index is 13.4. The summed E-state index contributed by atoms with van der Waals surface area (Å²) < 4.78 is 20.0.